The minimum absolute atomic E-state index is 0.156. The Morgan fingerprint density at radius 3 is 2.48 bits per heavy atom. The molecule has 1 amide bonds. The Bertz CT molecular complexity index is 970. The highest BCUT2D eigenvalue weighted by atomic mass is 32.2. The van der Waals surface area contributed by atoms with Crippen LogP contribution in [0.4, 0.5) is 5.13 Å². The maximum Gasteiger partial charge on any atom is 0.236 e. The molecule has 2 heterocycles. The summed E-state index contributed by atoms with van der Waals surface area (Å²) >= 11 is 2.63. The number of nitrogens with one attached hydrogen (secondary N) is 1. The van der Waals surface area contributed by atoms with Gasteiger partial charge in [0.1, 0.15) is 11.3 Å². The summed E-state index contributed by atoms with van der Waals surface area (Å²) in [5, 5.41) is 20.2. The molecule has 0 aliphatic carbocycles. The van der Waals surface area contributed by atoms with Gasteiger partial charge in [-0.1, -0.05) is 62.9 Å². The molecule has 3 aromatic rings. The number of nitrogens with zero attached hydrogens (tertiary/aromatic N) is 5. The maximum absolute atomic E-state index is 12.2. The van der Waals surface area contributed by atoms with Gasteiger partial charge in [0.15, 0.2) is 17.1 Å². The molecule has 0 fully saturated rings. The molecule has 2 aromatic heterocycles. The van der Waals surface area contributed by atoms with E-state index < -0.39 is 0 Å². The number of rotatable bonds is 10. The van der Waals surface area contributed by atoms with Gasteiger partial charge in [0.05, 0.1) is 5.75 Å². The molecule has 1 unspecified atom stereocenters. The minimum atomic E-state index is -0.277. The number of hydrogen-bond acceptors (Lipinski definition) is 8. The summed E-state index contributed by atoms with van der Waals surface area (Å²) in [6.45, 7) is 11.3. The third kappa shape index (κ3) is 6.51. The molecule has 0 spiro atoms. The fourth-order valence-electron chi connectivity index (χ4n) is 2.95. The minimum Gasteiger partial charge on any atom is -0.483 e. The molecular formula is C21H28N6O2S2. The third-order valence-electron chi connectivity index (χ3n) is 4.46. The van der Waals surface area contributed by atoms with E-state index in [1.54, 1.807) is 5.51 Å². The molecule has 0 radical (unpaired) electrons. The van der Waals surface area contributed by atoms with E-state index in [1.807, 2.05) is 23.6 Å². The van der Waals surface area contributed by atoms with Crippen molar-refractivity contribution in [3.63, 3.8) is 0 Å². The topological polar surface area (TPSA) is 94.8 Å². The first-order valence-corrected chi connectivity index (χ1v) is 12.1. The normalized spacial score (nSPS) is 12.4. The molecule has 166 valence electrons. The summed E-state index contributed by atoms with van der Waals surface area (Å²) in [5.41, 5.74) is 2.85. The van der Waals surface area contributed by atoms with Crippen molar-refractivity contribution >= 4 is 34.1 Å². The molecule has 31 heavy (non-hydrogen) atoms. The standard InChI is InChI=1S/C21H28N6O2S2/c1-13(2)10-27-19(15(5)29-17-8-6-16(7-9-17)14(3)4)24-26-21(27)30-11-18(28)23-20-25-22-12-31-20/h6-9,12-15H,10-11H2,1-5H3,(H,23,25,28). The second kappa shape index (κ2) is 10.7. The number of aromatic nitrogens is 5. The summed E-state index contributed by atoms with van der Waals surface area (Å²) < 4.78 is 8.18. The van der Waals surface area contributed by atoms with Crippen LogP contribution >= 0.6 is 23.1 Å². The number of carbonyl (C=O) groups is 1. The first kappa shape index (κ1) is 23.2. The van der Waals surface area contributed by atoms with Gasteiger partial charge in [0, 0.05) is 6.54 Å². The summed E-state index contributed by atoms with van der Waals surface area (Å²) in [5.74, 6) is 2.46. The van der Waals surface area contributed by atoms with Crippen LogP contribution in [0.1, 0.15) is 58.0 Å². The van der Waals surface area contributed by atoms with Crippen molar-refractivity contribution in [2.45, 2.75) is 58.3 Å². The second-order valence-corrected chi connectivity index (χ2v) is 9.69. The van der Waals surface area contributed by atoms with Crippen LogP contribution in [-0.4, -0.2) is 36.6 Å². The smallest absolute Gasteiger partial charge is 0.236 e. The molecule has 1 N–H and O–H groups in total. The molecule has 0 saturated heterocycles. The van der Waals surface area contributed by atoms with Crippen molar-refractivity contribution in [3.8, 4) is 5.75 Å². The molecule has 3 rings (SSSR count). The van der Waals surface area contributed by atoms with E-state index in [0.717, 1.165) is 18.1 Å². The van der Waals surface area contributed by atoms with Crippen molar-refractivity contribution in [2.24, 2.45) is 5.92 Å². The monoisotopic (exact) mass is 460 g/mol. The number of thioether (sulfide) groups is 1. The Morgan fingerprint density at radius 1 is 1.13 bits per heavy atom. The lowest BCUT2D eigenvalue weighted by molar-refractivity contribution is -0.113. The first-order valence-electron chi connectivity index (χ1n) is 10.2. The summed E-state index contributed by atoms with van der Waals surface area (Å²) in [7, 11) is 0. The second-order valence-electron chi connectivity index (χ2n) is 7.91. The van der Waals surface area contributed by atoms with E-state index in [4.69, 9.17) is 4.74 Å². The van der Waals surface area contributed by atoms with Gasteiger partial charge in [-0.2, -0.15) is 0 Å². The van der Waals surface area contributed by atoms with Gasteiger partial charge in [-0.3, -0.25) is 10.1 Å². The van der Waals surface area contributed by atoms with E-state index in [1.165, 1.54) is 28.7 Å². The zero-order valence-corrected chi connectivity index (χ0v) is 20.0. The highest BCUT2D eigenvalue weighted by Crippen LogP contribution is 2.27. The molecule has 1 aromatic carbocycles. The maximum atomic E-state index is 12.2. The van der Waals surface area contributed by atoms with Crippen LogP contribution in [0.25, 0.3) is 0 Å². The van der Waals surface area contributed by atoms with Gasteiger partial charge < -0.3 is 9.30 Å². The lowest BCUT2D eigenvalue weighted by atomic mass is 10.0. The van der Waals surface area contributed by atoms with Gasteiger partial charge in [0.25, 0.3) is 0 Å². The molecule has 1 atom stereocenters. The third-order valence-corrected chi connectivity index (χ3v) is 6.03. The van der Waals surface area contributed by atoms with E-state index in [0.29, 0.717) is 22.1 Å². The quantitative estimate of drug-likeness (QED) is 0.435. The Kier molecular flexibility index (Phi) is 8.03. The van der Waals surface area contributed by atoms with Crippen LogP contribution in [-0.2, 0) is 11.3 Å². The largest absolute Gasteiger partial charge is 0.483 e. The predicted molar refractivity (Wildman–Crippen MR) is 124 cm³/mol. The number of hydrogen-bond donors (Lipinski definition) is 1. The zero-order valence-electron chi connectivity index (χ0n) is 18.4. The van der Waals surface area contributed by atoms with Crippen molar-refractivity contribution < 1.29 is 9.53 Å². The number of amides is 1. The fraction of sp³-hybridized carbons (Fsp3) is 0.476. The van der Waals surface area contributed by atoms with Crippen LogP contribution in [0.2, 0.25) is 0 Å². The average molecular weight is 461 g/mol. The summed E-state index contributed by atoms with van der Waals surface area (Å²) in [4.78, 5) is 12.2. The van der Waals surface area contributed by atoms with E-state index in [-0.39, 0.29) is 17.8 Å². The SMILES string of the molecule is CC(C)Cn1c(SCC(=O)Nc2nncs2)nnc1C(C)Oc1ccc(C(C)C)cc1. The molecular weight excluding hydrogens is 432 g/mol. The molecule has 0 saturated carbocycles. The first-order chi connectivity index (χ1) is 14.8. The number of ether oxygens (including phenoxy) is 1. The molecule has 0 bridgehead atoms. The zero-order chi connectivity index (χ0) is 22.4. The highest BCUT2D eigenvalue weighted by Gasteiger charge is 2.21. The highest BCUT2D eigenvalue weighted by molar-refractivity contribution is 7.99. The van der Waals surface area contributed by atoms with E-state index >= 15 is 0 Å². The molecule has 0 aliphatic heterocycles. The van der Waals surface area contributed by atoms with E-state index in [9.17, 15) is 4.79 Å². The van der Waals surface area contributed by atoms with Crippen LogP contribution in [0, 0.1) is 5.92 Å². The van der Waals surface area contributed by atoms with Crippen molar-refractivity contribution in [3.05, 3.63) is 41.2 Å². The van der Waals surface area contributed by atoms with E-state index in [2.05, 4.69) is 65.5 Å². The van der Waals surface area contributed by atoms with Crippen LogP contribution < -0.4 is 10.1 Å². The van der Waals surface area contributed by atoms with Crippen LogP contribution in [0.5, 0.6) is 5.75 Å². The summed E-state index contributed by atoms with van der Waals surface area (Å²) in [6.07, 6.45) is -0.277. The van der Waals surface area contributed by atoms with Gasteiger partial charge >= 0.3 is 0 Å². The van der Waals surface area contributed by atoms with Gasteiger partial charge in [-0.25, -0.2) is 0 Å². The van der Waals surface area contributed by atoms with Gasteiger partial charge in [0.2, 0.25) is 11.0 Å². The fourth-order valence-corrected chi connectivity index (χ4v) is 4.16. The molecule has 8 nitrogen and oxygen atoms in total. The number of carbonyl (C=O) groups excluding carboxylic acids is 1. The van der Waals surface area contributed by atoms with Crippen molar-refractivity contribution in [1.29, 1.82) is 0 Å². The Morgan fingerprint density at radius 2 is 1.87 bits per heavy atom. The lowest BCUT2D eigenvalue weighted by Gasteiger charge is -2.18. The molecule has 10 heteroatoms. The molecule has 0 aliphatic rings. The summed E-state index contributed by atoms with van der Waals surface area (Å²) in [6, 6.07) is 8.15. The van der Waals surface area contributed by atoms with Crippen molar-refractivity contribution in [2.75, 3.05) is 11.1 Å². The Hall–Kier alpha value is -2.46. The Balaban J connectivity index is 1.69. The van der Waals surface area contributed by atoms with Gasteiger partial charge in [-0.05, 0) is 36.5 Å². The van der Waals surface area contributed by atoms with Crippen molar-refractivity contribution in [1.82, 2.24) is 25.0 Å². The predicted octanol–water partition coefficient (Wildman–Crippen LogP) is 4.78. The lowest BCUT2D eigenvalue weighted by Crippen LogP contribution is -2.17. The number of anilines is 1. The average Bonchev–Trinajstić information content (AvgIpc) is 3.36. The van der Waals surface area contributed by atoms with Crippen LogP contribution in [0.3, 0.4) is 0 Å². The number of benzene rings is 1. The van der Waals surface area contributed by atoms with Gasteiger partial charge in [-0.15, -0.1) is 20.4 Å². The Labute approximate surface area is 190 Å². The van der Waals surface area contributed by atoms with Crippen LogP contribution in [0.15, 0.2) is 34.9 Å².